The number of nitrogens with one attached hydrogen (secondary N) is 1. The number of carbonyl (C=O) groups is 2. The van der Waals surface area contributed by atoms with Crippen LogP contribution in [0.5, 0.6) is 0 Å². The molecule has 0 aliphatic heterocycles. The summed E-state index contributed by atoms with van der Waals surface area (Å²) in [7, 11) is 0. The molecule has 17 heavy (non-hydrogen) atoms. The largest absolute Gasteiger partial charge is 0.480 e. The van der Waals surface area contributed by atoms with Gasteiger partial charge >= 0.3 is 5.97 Å². The Bertz CT molecular complexity index is 282. The Hall–Kier alpha value is -1.10. The smallest absolute Gasteiger partial charge is 0.318 e. The fourth-order valence-corrected chi connectivity index (χ4v) is 1.76. The van der Waals surface area contributed by atoms with Crippen LogP contribution in [0.2, 0.25) is 0 Å². The molecule has 5 nitrogen and oxygen atoms in total. The summed E-state index contributed by atoms with van der Waals surface area (Å²) in [4.78, 5) is 22.4. The number of carboxylic acid groups (broad SMARTS) is 1. The van der Waals surface area contributed by atoms with Crippen molar-refractivity contribution in [2.24, 2.45) is 5.41 Å². The Morgan fingerprint density at radius 2 is 1.94 bits per heavy atom. The molecule has 98 valence electrons. The summed E-state index contributed by atoms with van der Waals surface area (Å²) in [5.74, 6) is -1.59. The number of hydrogen-bond donors (Lipinski definition) is 2. The van der Waals surface area contributed by atoms with Crippen molar-refractivity contribution in [3.05, 3.63) is 0 Å². The van der Waals surface area contributed by atoms with Crippen molar-refractivity contribution < 1.29 is 19.4 Å². The lowest BCUT2D eigenvalue weighted by molar-refractivity contribution is -0.153. The number of carboxylic acids is 1. The van der Waals surface area contributed by atoms with Crippen molar-refractivity contribution in [1.82, 2.24) is 5.32 Å². The van der Waals surface area contributed by atoms with Gasteiger partial charge in [-0.3, -0.25) is 9.59 Å². The van der Waals surface area contributed by atoms with E-state index >= 15 is 0 Å². The predicted molar refractivity (Wildman–Crippen MR) is 62.6 cm³/mol. The van der Waals surface area contributed by atoms with Crippen molar-refractivity contribution >= 4 is 11.9 Å². The van der Waals surface area contributed by atoms with Crippen LogP contribution in [0.3, 0.4) is 0 Å². The quantitative estimate of drug-likeness (QED) is 0.542. The zero-order valence-corrected chi connectivity index (χ0v) is 10.5. The van der Waals surface area contributed by atoms with Gasteiger partial charge in [0.05, 0.1) is 12.7 Å². The van der Waals surface area contributed by atoms with Gasteiger partial charge in [0, 0.05) is 6.54 Å². The molecule has 0 saturated heterocycles. The molecule has 1 aliphatic carbocycles. The Kier molecular flexibility index (Phi) is 4.93. The molecule has 0 bridgehead atoms. The minimum absolute atomic E-state index is 0.319. The van der Waals surface area contributed by atoms with Crippen LogP contribution >= 0.6 is 0 Å². The van der Waals surface area contributed by atoms with Crippen LogP contribution in [0.4, 0.5) is 0 Å². The summed E-state index contributed by atoms with van der Waals surface area (Å²) < 4.78 is 5.56. The molecule has 2 N–H and O–H groups in total. The van der Waals surface area contributed by atoms with Gasteiger partial charge in [-0.2, -0.15) is 0 Å². The third-order valence-corrected chi connectivity index (χ3v) is 3.15. The van der Waals surface area contributed by atoms with E-state index in [0.29, 0.717) is 19.3 Å². The first-order chi connectivity index (χ1) is 7.94. The number of carbonyl (C=O) groups excluding carboxylic acids is 1. The average molecular weight is 243 g/mol. The highest BCUT2D eigenvalue weighted by Crippen LogP contribution is 2.20. The summed E-state index contributed by atoms with van der Waals surface area (Å²) >= 11 is 0. The molecular weight excluding hydrogens is 222 g/mol. The van der Waals surface area contributed by atoms with Gasteiger partial charge in [-0.25, -0.2) is 0 Å². The van der Waals surface area contributed by atoms with E-state index in [2.05, 4.69) is 5.32 Å². The molecule has 5 heteroatoms. The van der Waals surface area contributed by atoms with Crippen LogP contribution in [0.15, 0.2) is 0 Å². The summed E-state index contributed by atoms with van der Waals surface area (Å²) in [6.45, 7) is 3.60. The molecule has 0 radical (unpaired) electrons. The first kappa shape index (κ1) is 14.0. The number of rotatable bonds is 6. The lowest BCUT2D eigenvalue weighted by atomic mass is 9.93. The minimum atomic E-state index is -1.38. The molecule has 1 aliphatic rings. The second-order valence-electron chi connectivity index (χ2n) is 4.96. The Morgan fingerprint density at radius 1 is 1.35 bits per heavy atom. The third kappa shape index (κ3) is 4.00. The van der Waals surface area contributed by atoms with Gasteiger partial charge in [-0.05, 0) is 26.7 Å². The van der Waals surface area contributed by atoms with Gasteiger partial charge in [0.15, 0.2) is 0 Å². The van der Waals surface area contributed by atoms with Crippen LogP contribution < -0.4 is 5.32 Å². The molecule has 1 rings (SSSR count). The Balaban J connectivity index is 2.17. The van der Waals surface area contributed by atoms with E-state index in [0.717, 1.165) is 12.8 Å². The van der Waals surface area contributed by atoms with Gasteiger partial charge in [0.2, 0.25) is 5.91 Å². The monoisotopic (exact) mass is 243 g/mol. The average Bonchev–Trinajstić information content (AvgIpc) is 2.76. The second kappa shape index (κ2) is 6.00. The summed E-state index contributed by atoms with van der Waals surface area (Å²) in [5.41, 5.74) is -1.38. The first-order valence-corrected chi connectivity index (χ1v) is 6.08. The van der Waals surface area contributed by atoms with Crippen LogP contribution in [-0.2, 0) is 14.3 Å². The molecule has 0 spiro atoms. The lowest BCUT2D eigenvalue weighted by Crippen LogP contribution is -2.43. The number of aliphatic carboxylic acids is 1. The normalized spacial score (nSPS) is 17.1. The summed E-state index contributed by atoms with van der Waals surface area (Å²) in [6, 6.07) is 0. The van der Waals surface area contributed by atoms with Crippen molar-refractivity contribution in [1.29, 1.82) is 0 Å². The van der Waals surface area contributed by atoms with Gasteiger partial charge in [-0.15, -0.1) is 0 Å². The zero-order valence-electron chi connectivity index (χ0n) is 10.5. The predicted octanol–water partition coefficient (Wildman–Crippen LogP) is 1.17. The molecule has 1 amide bonds. The first-order valence-electron chi connectivity index (χ1n) is 6.08. The van der Waals surface area contributed by atoms with Crippen molar-refractivity contribution in [3.8, 4) is 0 Å². The minimum Gasteiger partial charge on any atom is -0.480 e. The van der Waals surface area contributed by atoms with E-state index in [9.17, 15) is 9.59 Å². The Morgan fingerprint density at radius 3 is 2.47 bits per heavy atom. The number of ether oxygens (including phenoxy) is 1. The highest BCUT2D eigenvalue weighted by Gasteiger charge is 2.35. The molecule has 0 aromatic carbocycles. The van der Waals surface area contributed by atoms with E-state index in [-0.39, 0.29) is 0 Å². The van der Waals surface area contributed by atoms with Crippen molar-refractivity contribution in [2.75, 3.05) is 13.2 Å². The fraction of sp³-hybridized carbons (Fsp3) is 0.833. The van der Waals surface area contributed by atoms with E-state index in [1.165, 1.54) is 26.7 Å². The Labute approximate surface area is 102 Å². The van der Waals surface area contributed by atoms with E-state index in [4.69, 9.17) is 9.84 Å². The molecule has 0 unspecified atom stereocenters. The van der Waals surface area contributed by atoms with Gasteiger partial charge in [-0.1, -0.05) is 12.8 Å². The standard InChI is InChI=1S/C12H21NO4/c1-12(2,11(15)16)10(14)13-7-8-17-9-5-3-4-6-9/h9H,3-8H2,1-2H3,(H,13,14)(H,15,16). The molecule has 1 saturated carbocycles. The second-order valence-corrected chi connectivity index (χ2v) is 4.96. The maximum absolute atomic E-state index is 11.6. The van der Waals surface area contributed by atoms with E-state index < -0.39 is 17.3 Å². The summed E-state index contributed by atoms with van der Waals surface area (Å²) in [5, 5.41) is 11.4. The van der Waals surface area contributed by atoms with Crippen LogP contribution in [0.1, 0.15) is 39.5 Å². The maximum atomic E-state index is 11.6. The third-order valence-electron chi connectivity index (χ3n) is 3.15. The highest BCUT2D eigenvalue weighted by molar-refractivity contribution is 6.00. The number of amides is 1. The molecule has 0 heterocycles. The zero-order chi connectivity index (χ0) is 12.9. The fourth-order valence-electron chi connectivity index (χ4n) is 1.76. The lowest BCUT2D eigenvalue weighted by Gasteiger charge is -2.18. The molecule has 0 aromatic rings. The highest BCUT2D eigenvalue weighted by atomic mass is 16.5. The van der Waals surface area contributed by atoms with E-state index in [1.54, 1.807) is 0 Å². The van der Waals surface area contributed by atoms with Crippen LogP contribution in [-0.4, -0.2) is 36.2 Å². The molecular formula is C12H21NO4. The molecule has 0 aromatic heterocycles. The van der Waals surface area contributed by atoms with E-state index in [1.807, 2.05) is 0 Å². The van der Waals surface area contributed by atoms with Crippen LogP contribution in [0, 0.1) is 5.41 Å². The van der Waals surface area contributed by atoms with Crippen molar-refractivity contribution in [2.45, 2.75) is 45.6 Å². The van der Waals surface area contributed by atoms with Crippen molar-refractivity contribution in [3.63, 3.8) is 0 Å². The van der Waals surface area contributed by atoms with Gasteiger partial charge in [0.25, 0.3) is 0 Å². The molecule has 0 atom stereocenters. The SMILES string of the molecule is CC(C)(C(=O)O)C(=O)NCCOC1CCCC1. The molecule has 1 fully saturated rings. The maximum Gasteiger partial charge on any atom is 0.318 e. The van der Waals surface area contributed by atoms with Crippen LogP contribution in [0.25, 0.3) is 0 Å². The van der Waals surface area contributed by atoms with Gasteiger partial charge in [0.1, 0.15) is 5.41 Å². The number of hydrogen-bond acceptors (Lipinski definition) is 3. The summed E-state index contributed by atoms with van der Waals surface area (Å²) in [6.07, 6.45) is 4.93. The topological polar surface area (TPSA) is 75.6 Å². The van der Waals surface area contributed by atoms with Gasteiger partial charge < -0.3 is 15.2 Å².